The summed E-state index contributed by atoms with van der Waals surface area (Å²) >= 11 is 3.42. The molecule has 0 saturated heterocycles. The number of hydrogen-bond donors (Lipinski definition) is 1. The first-order valence-corrected chi connectivity index (χ1v) is 6.53. The van der Waals surface area contributed by atoms with Gasteiger partial charge in [-0.05, 0) is 24.3 Å². The highest BCUT2D eigenvalue weighted by Gasteiger charge is 2.10. The van der Waals surface area contributed by atoms with Gasteiger partial charge in [0.25, 0.3) is 0 Å². The molecular formula is C15H10BrNO2. The third-order valence-corrected chi connectivity index (χ3v) is 3.58. The highest BCUT2D eigenvalue weighted by Crippen LogP contribution is 2.29. The molecule has 0 aliphatic rings. The van der Waals surface area contributed by atoms with E-state index in [1.54, 1.807) is 24.3 Å². The lowest BCUT2D eigenvalue weighted by Crippen LogP contribution is -2.03. The predicted octanol–water partition coefficient (Wildman–Crippen LogP) is 3.80. The Kier molecular flexibility index (Phi) is 2.87. The van der Waals surface area contributed by atoms with Gasteiger partial charge in [0.15, 0.2) is 0 Å². The average Bonchev–Trinajstić information content (AvgIpc) is 2.38. The van der Waals surface area contributed by atoms with Gasteiger partial charge in [-0.3, -0.25) is 0 Å². The van der Waals surface area contributed by atoms with Crippen molar-refractivity contribution in [3.05, 3.63) is 63.4 Å². The lowest BCUT2D eigenvalue weighted by atomic mass is 10.1. The number of nitrogens with two attached hydrogens (primary N) is 1. The monoisotopic (exact) mass is 315 g/mol. The molecule has 0 bridgehead atoms. The molecule has 0 amide bonds. The van der Waals surface area contributed by atoms with Crippen LogP contribution in [-0.4, -0.2) is 0 Å². The molecule has 0 spiro atoms. The van der Waals surface area contributed by atoms with Gasteiger partial charge in [0.1, 0.15) is 5.58 Å². The van der Waals surface area contributed by atoms with Crippen molar-refractivity contribution in [3.63, 3.8) is 0 Å². The predicted molar refractivity (Wildman–Crippen MR) is 80.0 cm³/mol. The van der Waals surface area contributed by atoms with E-state index in [2.05, 4.69) is 15.9 Å². The van der Waals surface area contributed by atoms with Crippen LogP contribution in [0.25, 0.3) is 22.1 Å². The first-order valence-electron chi connectivity index (χ1n) is 5.73. The van der Waals surface area contributed by atoms with Gasteiger partial charge in [0.2, 0.25) is 0 Å². The van der Waals surface area contributed by atoms with Crippen LogP contribution in [0.5, 0.6) is 0 Å². The molecule has 2 N–H and O–H groups in total. The quantitative estimate of drug-likeness (QED) is 0.549. The highest BCUT2D eigenvalue weighted by molar-refractivity contribution is 9.10. The van der Waals surface area contributed by atoms with Crippen molar-refractivity contribution in [2.24, 2.45) is 0 Å². The molecule has 19 heavy (non-hydrogen) atoms. The Morgan fingerprint density at radius 1 is 1.00 bits per heavy atom. The smallest absolute Gasteiger partial charge is 0.344 e. The van der Waals surface area contributed by atoms with E-state index >= 15 is 0 Å². The summed E-state index contributed by atoms with van der Waals surface area (Å²) in [7, 11) is 0. The zero-order chi connectivity index (χ0) is 13.4. The van der Waals surface area contributed by atoms with Gasteiger partial charge in [0.05, 0.1) is 5.56 Å². The van der Waals surface area contributed by atoms with Crippen LogP contribution in [0, 0.1) is 0 Å². The standard InChI is InChI=1S/C15H10BrNO2/c16-13-8-10(17)5-6-11(13)12-7-9-3-1-2-4-14(9)19-15(12)18/h1-8H,17H2. The topological polar surface area (TPSA) is 56.2 Å². The summed E-state index contributed by atoms with van der Waals surface area (Å²) in [6.45, 7) is 0. The Bertz CT molecular complexity index is 824. The lowest BCUT2D eigenvalue weighted by Gasteiger charge is -2.05. The number of halogens is 1. The van der Waals surface area contributed by atoms with Crippen LogP contribution in [0.1, 0.15) is 0 Å². The van der Waals surface area contributed by atoms with Crippen LogP contribution in [0.4, 0.5) is 5.69 Å². The van der Waals surface area contributed by atoms with Gasteiger partial charge in [-0.15, -0.1) is 0 Å². The van der Waals surface area contributed by atoms with E-state index in [9.17, 15) is 4.79 Å². The van der Waals surface area contributed by atoms with Crippen molar-refractivity contribution in [2.75, 3.05) is 5.73 Å². The second kappa shape index (κ2) is 4.55. The summed E-state index contributed by atoms with van der Waals surface area (Å²) in [6.07, 6.45) is 0. The minimum atomic E-state index is -0.357. The van der Waals surface area contributed by atoms with Crippen molar-refractivity contribution in [1.29, 1.82) is 0 Å². The average molecular weight is 316 g/mol. The van der Waals surface area contributed by atoms with E-state index in [0.29, 0.717) is 16.8 Å². The van der Waals surface area contributed by atoms with Crippen LogP contribution in [0.2, 0.25) is 0 Å². The molecule has 3 nitrogen and oxygen atoms in total. The summed E-state index contributed by atoms with van der Waals surface area (Å²) in [5.41, 5.74) is 7.86. The van der Waals surface area contributed by atoms with Crippen molar-refractivity contribution >= 4 is 32.6 Å². The lowest BCUT2D eigenvalue weighted by molar-refractivity contribution is 0.563. The minimum Gasteiger partial charge on any atom is -0.422 e. The molecule has 4 heteroatoms. The van der Waals surface area contributed by atoms with Gasteiger partial charge < -0.3 is 10.2 Å². The Morgan fingerprint density at radius 2 is 1.79 bits per heavy atom. The maximum Gasteiger partial charge on any atom is 0.344 e. The Labute approximate surface area is 117 Å². The molecule has 3 rings (SSSR count). The highest BCUT2D eigenvalue weighted by atomic mass is 79.9. The molecule has 3 aromatic rings. The van der Waals surface area contributed by atoms with Crippen LogP contribution in [0.15, 0.2) is 62.2 Å². The van der Waals surface area contributed by atoms with E-state index < -0.39 is 0 Å². The molecule has 1 heterocycles. The maximum atomic E-state index is 12.1. The molecule has 0 saturated carbocycles. The summed E-state index contributed by atoms with van der Waals surface area (Å²) in [5.74, 6) is 0. The fourth-order valence-corrected chi connectivity index (χ4v) is 2.61. The number of para-hydroxylation sites is 1. The fourth-order valence-electron chi connectivity index (χ4n) is 2.00. The molecule has 0 aliphatic heterocycles. The number of rotatable bonds is 1. The molecule has 0 radical (unpaired) electrons. The van der Waals surface area contributed by atoms with Crippen molar-refractivity contribution in [2.45, 2.75) is 0 Å². The van der Waals surface area contributed by atoms with Gasteiger partial charge in [0, 0.05) is 21.1 Å². The van der Waals surface area contributed by atoms with E-state index in [1.165, 1.54) is 0 Å². The van der Waals surface area contributed by atoms with Crippen LogP contribution in [-0.2, 0) is 0 Å². The van der Waals surface area contributed by atoms with Gasteiger partial charge in [-0.2, -0.15) is 0 Å². The first-order chi connectivity index (χ1) is 9.15. The zero-order valence-electron chi connectivity index (χ0n) is 9.89. The third-order valence-electron chi connectivity index (χ3n) is 2.92. The minimum absolute atomic E-state index is 0.357. The SMILES string of the molecule is Nc1ccc(-c2cc3ccccc3oc2=O)c(Br)c1. The van der Waals surface area contributed by atoms with E-state index in [-0.39, 0.29) is 5.63 Å². The number of nitrogen functional groups attached to an aromatic ring is 1. The van der Waals surface area contributed by atoms with E-state index in [1.807, 2.05) is 24.3 Å². The zero-order valence-corrected chi connectivity index (χ0v) is 11.5. The molecule has 0 fully saturated rings. The normalized spacial score (nSPS) is 10.8. The third kappa shape index (κ3) is 2.15. The second-order valence-electron chi connectivity index (χ2n) is 4.22. The molecule has 0 atom stereocenters. The Morgan fingerprint density at radius 3 is 2.58 bits per heavy atom. The van der Waals surface area contributed by atoms with Crippen LogP contribution >= 0.6 is 15.9 Å². The van der Waals surface area contributed by atoms with E-state index in [0.717, 1.165) is 15.4 Å². The fraction of sp³-hybridized carbons (Fsp3) is 0. The largest absolute Gasteiger partial charge is 0.422 e. The number of anilines is 1. The summed E-state index contributed by atoms with van der Waals surface area (Å²) in [4.78, 5) is 12.1. The van der Waals surface area contributed by atoms with Crippen LogP contribution in [0.3, 0.4) is 0 Å². The number of hydrogen-bond acceptors (Lipinski definition) is 3. The molecule has 2 aromatic carbocycles. The van der Waals surface area contributed by atoms with Gasteiger partial charge >= 0.3 is 5.63 Å². The number of fused-ring (bicyclic) bond motifs is 1. The molecule has 0 aliphatic carbocycles. The van der Waals surface area contributed by atoms with Gasteiger partial charge in [-0.25, -0.2) is 4.79 Å². The summed E-state index contributed by atoms with van der Waals surface area (Å²) in [5, 5.41) is 0.890. The second-order valence-corrected chi connectivity index (χ2v) is 5.08. The molecule has 1 aromatic heterocycles. The molecule has 0 unspecified atom stereocenters. The summed E-state index contributed by atoms with van der Waals surface area (Å²) < 4.78 is 6.10. The molecular weight excluding hydrogens is 306 g/mol. The Hall–Kier alpha value is -2.07. The first kappa shape index (κ1) is 12.0. The number of benzene rings is 2. The Balaban J connectivity index is 2.30. The maximum absolute atomic E-state index is 12.1. The van der Waals surface area contributed by atoms with Crippen molar-refractivity contribution < 1.29 is 4.42 Å². The molecule has 94 valence electrons. The van der Waals surface area contributed by atoms with E-state index in [4.69, 9.17) is 10.2 Å². The van der Waals surface area contributed by atoms with Crippen molar-refractivity contribution in [1.82, 2.24) is 0 Å². The van der Waals surface area contributed by atoms with Gasteiger partial charge in [-0.1, -0.05) is 40.2 Å². The summed E-state index contributed by atoms with van der Waals surface area (Å²) in [6, 6.07) is 14.6. The van der Waals surface area contributed by atoms with Crippen molar-refractivity contribution in [3.8, 4) is 11.1 Å². The van der Waals surface area contributed by atoms with Crippen LogP contribution < -0.4 is 11.4 Å².